The Morgan fingerprint density at radius 1 is 1.80 bits per heavy atom. The van der Waals surface area contributed by atoms with Crippen LogP contribution in [0.15, 0.2) is 24.2 Å². The quantitative estimate of drug-likeness (QED) is 0.476. The van der Waals surface area contributed by atoms with Crippen LogP contribution in [0.4, 0.5) is 5.69 Å². The molecule has 0 aliphatic rings. The van der Waals surface area contributed by atoms with Gasteiger partial charge in [0.1, 0.15) is 0 Å². The van der Waals surface area contributed by atoms with Crippen molar-refractivity contribution >= 4 is 11.5 Å². The fourth-order valence-electron chi connectivity index (χ4n) is 0.472. The van der Waals surface area contributed by atoms with Gasteiger partial charge in [-0.15, -0.1) is 0 Å². The number of Topliss-reactive ketones (excluding diaryl/α,β-unsaturated/α-hetero) is 1. The van der Waals surface area contributed by atoms with E-state index in [1.54, 1.807) is 0 Å². The van der Waals surface area contributed by atoms with Crippen LogP contribution in [0.25, 0.3) is 0 Å². The summed E-state index contributed by atoms with van der Waals surface area (Å²) in [6, 6.07) is -2.65. The second kappa shape index (κ2) is 2.52. The van der Waals surface area contributed by atoms with E-state index in [1.807, 2.05) is 0 Å². The lowest BCUT2D eigenvalue weighted by molar-refractivity contribution is 0.101. The maximum absolute atomic E-state index is 11.5. The number of hydrogen-bond acceptors (Lipinski definition) is 2. The van der Waals surface area contributed by atoms with Gasteiger partial charge in [-0.25, -0.2) is 0 Å². The molecule has 2 heteroatoms. The summed E-state index contributed by atoms with van der Waals surface area (Å²) in [4.78, 5) is 11.5. The van der Waals surface area contributed by atoms with Gasteiger partial charge in [0.2, 0.25) is 0 Å². The third-order valence-corrected chi connectivity index (χ3v) is 0.871. The molecule has 0 amide bonds. The second-order valence-corrected chi connectivity index (χ2v) is 1.62. The van der Waals surface area contributed by atoms with Crippen molar-refractivity contribution in [3.63, 3.8) is 0 Å². The van der Waals surface area contributed by atoms with E-state index in [1.165, 1.54) is 0 Å². The molecule has 0 fully saturated rings. The zero-order chi connectivity index (χ0) is 13.5. The van der Waals surface area contributed by atoms with Crippen molar-refractivity contribution in [1.82, 2.24) is 0 Å². The Kier molecular flexibility index (Phi) is 0.526. The minimum atomic E-state index is -3.01. The Labute approximate surface area is 69.5 Å². The summed E-state index contributed by atoms with van der Waals surface area (Å²) < 4.78 is 50.4. The molecule has 0 atom stereocenters. The molecule has 0 saturated heterocycles. The molecule has 0 aliphatic carbocycles. The molecule has 1 aromatic carbocycles. The van der Waals surface area contributed by atoms with Crippen LogP contribution in [0.3, 0.4) is 0 Å². The summed E-state index contributed by atoms with van der Waals surface area (Å²) in [6.07, 6.45) is 0. The molecule has 0 bridgehead atoms. The Morgan fingerprint density at radius 3 is 3.30 bits per heavy atom. The molecule has 10 heavy (non-hydrogen) atoms. The molecular formula is C8H9NO. The van der Waals surface area contributed by atoms with Crippen molar-refractivity contribution in [3.8, 4) is 0 Å². The van der Waals surface area contributed by atoms with Crippen LogP contribution >= 0.6 is 0 Å². The summed E-state index contributed by atoms with van der Waals surface area (Å²) in [5, 5.41) is 0. The first kappa shape index (κ1) is 2.09. The number of nitrogens with two attached hydrogens (primary N) is 1. The Balaban J connectivity index is 3.62. The smallest absolute Gasteiger partial charge is 0.159 e. The predicted molar refractivity (Wildman–Crippen MR) is 40.9 cm³/mol. The minimum absolute atomic E-state index is 0.474. The van der Waals surface area contributed by atoms with Crippen LogP contribution in [-0.2, 0) is 0 Å². The predicted octanol–water partition coefficient (Wildman–Crippen LogP) is 1.47. The topological polar surface area (TPSA) is 43.1 Å². The van der Waals surface area contributed by atoms with Gasteiger partial charge in [-0.1, -0.05) is 12.1 Å². The van der Waals surface area contributed by atoms with Crippen molar-refractivity contribution in [2.75, 3.05) is 5.73 Å². The molecule has 0 heterocycles. The SMILES string of the molecule is [2H]c1c([2H])c(N)c([2H])c(C(=O)C([2H])([2H])[2H])c1[2H]. The second-order valence-electron chi connectivity index (χ2n) is 1.62. The standard InChI is InChI=1S/C8H9NO/c1-6(10)7-3-2-4-8(9)5-7/h2-5H,9H2,1H3/i1D3,2D,3D,4D,5D. The maximum atomic E-state index is 11.5. The van der Waals surface area contributed by atoms with Gasteiger partial charge in [0, 0.05) is 15.4 Å². The van der Waals surface area contributed by atoms with Gasteiger partial charge >= 0.3 is 0 Å². The monoisotopic (exact) mass is 142 g/mol. The Morgan fingerprint density at radius 2 is 2.60 bits per heavy atom. The molecule has 0 aliphatic heterocycles. The maximum Gasteiger partial charge on any atom is 0.159 e. The van der Waals surface area contributed by atoms with Gasteiger partial charge in [0.25, 0.3) is 0 Å². The molecule has 0 aromatic heterocycles. The molecule has 0 unspecified atom stereocenters. The number of nitrogen functional groups attached to an aromatic ring is 1. The molecule has 52 valence electrons. The van der Waals surface area contributed by atoms with E-state index in [2.05, 4.69) is 0 Å². The lowest BCUT2D eigenvalue weighted by atomic mass is 10.1. The summed E-state index contributed by atoms with van der Waals surface area (Å²) in [7, 11) is 0. The van der Waals surface area contributed by atoms with Crippen LogP contribution in [0.5, 0.6) is 0 Å². The van der Waals surface area contributed by atoms with Crippen LogP contribution < -0.4 is 5.73 Å². The van der Waals surface area contributed by atoms with Crippen LogP contribution in [0.2, 0.25) is 0 Å². The van der Waals surface area contributed by atoms with E-state index in [0.717, 1.165) is 0 Å². The number of rotatable bonds is 1. The lowest BCUT2D eigenvalue weighted by Crippen LogP contribution is -1.93. The van der Waals surface area contributed by atoms with E-state index in [0.29, 0.717) is 0 Å². The van der Waals surface area contributed by atoms with Crippen LogP contribution in [-0.4, -0.2) is 5.78 Å². The first-order valence-electron chi connectivity index (χ1n) is 5.99. The van der Waals surface area contributed by atoms with Gasteiger partial charge < -0.3 is 5.73 Å². The molecule has 0 radical (unpaired) electrons. The number of anilines is 1. The molecule has 2 N–H and O–H groups in total. The molecule has 2 nitrogen and oxygen atoms in total. The average molecular weight is 142 g/mol. The highest BCUT2D eigenvalue weighted by Crippen LogP contribution is 2.06. The largest absolute Gasteiger partial charge is 0.399 e. The first-order valence-corrected chi connectivity index (χ1v) is 2.49. The highest BCUT2D eigenvalue weighted by molar-refractivity contribution is 5.94. The molecule has 1 aromatic rings. The van der Waals surface area contributed by atoms with Crippen molar-refractivity contribution in [3.05, 3.63) is 29.7 Å². The van der Waals surface area contributed by atoms with Crippen molar-refractivity contribution in [2.24, 2.45) is 0 Å². The number of ketones is 1. The molecule has 1 rings (SSSR count). The van der Waals surface area contributed by atoms with E-state index in [9.17, 15) is 4.79 Å². The summed E-state index contributed by atoms with van der Waals surface area (Å²) in [5.74, 6) is -1.41. The summed E-state index contributed by atoms with van der Waals surface area (Å²) in [5.41, 5.74) is 4.11. The van der Waals surface area contributed by atoms with Gasteiger partial charge in [0.15, 0.2) is 5.78 Å². The molecular weight excluding hydrogens is 126 g/mol. The van der Waals surface area contributed by atoms with E-state index in [4.69, 9.17) is 15.3 Å². The van der Waals surface area contributed by atoms with Crippen LogP contribution in [0, 0.1) is 0 Å². The average Bonchev–Trinajstić information content (AvgIpc) is 2.22. The van der Waals surface area contributed by atoms with Gasteiger partial charge in [-0.2, -0.15) is 0 Å². The van der Waals surface area contributed by atoms with E-state index in [-0.39, 0.29) is 0 Å². The highest BCUT2D eigenvalue weighted by Gasteiger charge is 1.96. The third-order valence-electron chi connectivity index (χ3n) is 0.871. The Bertz CT molecular complexity index is 465. The zero-order valence-electron chi connectivity index (χ0n) is 12.0. The van der Waals surface area contributed by atoms with E-state index < -0.39 is 48.1 Å². The van der Waals surface area contributed by atoms with Gasteiger partial charge in [-0.3, -0.25) is 4.79 Å². The molecule has 0 spiro atoms. The summed E-state index contributed by atoms with van der Waals surface area (Å²) >= 11 is 0. The van der Waals surface area contributed by atoms with Crippen LogP contribution in [0.1, 0.15) is 26.8 Å². The normalized spacial score (nSPS) is 20.6. The number of carbonyl (C=O) groups is 1. The Hall–Kier alpha value is -1.31. The van der Waals surface area contributed by atoms with E-state index >= 15 is 0 Å². The third kappa shape index (κ3) is 1.35. The molecule has 0 saturated carbocycles. The van der Waals surface area contributed by atoms with Gasteiger partial charge in [-0.05, 0) is 18.9 Å². The van der Waals surface area contributed by atoms with Crippen molar-refractivity contribution in [1.29, 1.82) is 0 Å². The summed E-state index contributed by atoms with van der Waals surface area (Å²) in [6.45, 7) is -3.01. The number of carbonyl (C=O) groups excluding carboxylic acids is 1. The van der Waals surface area contributed by atoms with Gasteiger partial charge in [0.05, 0.1) is 5.48 Å². The minimum Gasteiger partial charge on any atom is -0.399 e. The zero-order valence-corrected chi connectivity index (χ0v) is 4.99. The van der Waals surface area contributed by atoms with Crippen molar-refractivity contribution in [2.45, 2.75) is 6.85 Å². The van der Waals surface area contributed by atoms with Crippen molar-refractivity contribution < 1.29 is 14.4 Å². The fraction of sp³-hybridized carbons (Fsp3) is 0.125. The number of hydrogen-bond donors (Lipinski definition) is 1. The first-order chi connectivity index (χ1) is 7.59. The highest BCUT2D eigenvalue weighted by atomic mass is 16.1. The fourth-order valence-corrected chi connectivity index (χ4v) is 0.472. The number of benzene rings is 1. The lowest BCUT2D eigenvalue weighted by Gasteiger charge is -1.94.